The smallest absolute Gasteiger partial charge is 0.410 e. The van der Waals surface area contributed by atoms with Gasteiger partial charge in [0.15, 0.2) is 0 Å². The van der Waals surface area contributed by atoms with Crippen molar-refractivity contribution in [2.24, 2.45) is 0 Å². The van der Waals surface area contributed by atoms with E-state index in [4.69, 9.17) is 4.74 Å². The molecule has 2 aromatic rings. The summed E-state index contributed by atoms with van der Waals surface area (Å²) < 4.78 is 5.54. The van der Waals surface area contributed by atoms with E-state index in [0.717, 1.165) is 44.7 Å². The van der Waals surface area contributed by atoms with Gasteiger partial charge in [-0.25, -0.2) is 4.79 Å². The summed E-state index contributed by atoms with van der Waals surface area (Å²) in [5, 5.41) is 0. The molecule has 1 saturated heterocycles. The van der Waals surface area contributed by atoms with Crippen LogP contribution in [0.25, 0.3) is 0 Å². The number of hydrogen-bond acceptors (Lipinski definition) is 4. The highest BCUT2D eigenvalue weighted by molar-refractivity contribution is 5.68. The van der Waals surface area contributed by atoms with Crippen LogP contribution >= 0.6 is 0 Å². The van der Waals surface area contributed by atoms with Crippen molar-refractivity contribution in [2.45, 2.75) is 26.5 Å². The Morgan fingerprint density at radius 1 is 1.00 bits per heavy atom. The van der Waals surface area contributed by atoms with Gasteiger partial charge in [-0.2, -0.15) is 0 Å². The summed E-state index contributed by atoms with van der Waals surface area (Å²) in [4.78, 5) is 19.3. The van der Waals surface area contributed by atoms with Gasteiger partial charge < -0.3 is 14.5 Å². The Bertz CT molecular complexity index is 889. The first-order chi connectivity index (χ1) is 14.6. The minimum atomic E-state index is -0.233. The molecule has 30 heavy (non-hydrogen) atoms. The first kappa shape index (κ1) is 20.5. The normalized spacial score (nSPS) is 16.8. The Morgan fingerprint density at radius 2 is 1.77 bits per heavy atom. The minimum absolute atomic E-state index is 0.233. The quantitative estimate of drug-likeness (QED) is 0.703. The maximum Gasteiger partial charge on any atom is 0.410 e. The molecular weight excluding hydrogens is 374 g/mol. The van der Waals surface area contributed by atoms with Crippen molar-refractivity contribution in [3.05, 3.63) is 77.4 Å². The summed E-state index contributed by atoms with van der Waals surface area (Å²) >= 11 is 0. The average Bonchev–Trinajstić information content (AvgIpc) is 2.77. The van der Waals surface area contributed by atoms with Crippen molar-refractivity contribution >= 4 is 11.8 Å². The molecule has 0 bridgehead atoms. The molecule has 0 N–H and O–H groups in total. The van der Waals surface area contributed by atoms with Crippen LogP contribution in [-0.4, -0.2) is 55.2 Å². The largest absolute Gasteiger partial charge is 0.445 e. The zero-order chi connectivity index (χ0) is 20.9. The second kappa shape index (κ2) is 9.35. The fraction of sp³-hybridized carbons (Fsp3) is 0.400. The van der Waals surface area contributed by atoms with E-state index in [9.17, 15) is 4.79 Å². The maximum absolute atomic E-state index is 12.6. The van der Waals surface area contributed by atoms with Gasteiger partial charge in [0.25, 0.3) is 0 Å². The molecule has 2 aliphatic heterocycles. The lowest BCUT2D eigenvalue weighted by atomic mass is 9.99. The fourth-order valence-electron chi connectivity index (χ4n) is 4.25. The summed E-state index contributed by atoms with van der Waals surface area (Å²) in [5.41, 5.74) is 6.06. The lowest BCUT2D eigenvalue weighted by molar-refractivity contribution is 0.0918. The van der Waals surface area contributed by atoms with Gasteiger partial charge in [-0.3, -0.25) is 4.90 Å². The zero-order valence-corrected chi connectivity index (χ0v) is 17.8. The third-order valence-electron chi connectivity index (χ3n) is 5.90. The first-order valence-corrected chi connectivity index (χ1v) is 10.8. The molecular formula is C25H31N3O2. The average molecular weight is 406 g/mol. The molecule has 2 aliphatic rings. The third kappa shape index (κ3) is 5.03. The topological polar surface area (TPSA) is 36.0 Å². The number of anilines is 1. The molecule has 2 heterocycles. The number of amides is 1. The summed E-state index contributed by atoms with van der Waals surface area (Å²) in [6, 6.07) is 16.6. The highest BCUT2D eigenvalue weighted by Crippen LogP contribution is 2.26. The van der Waals surface area contributed by atoms with Gasteiger partial charge in [0.2, 0.25) is 0 Å². The van der Waals surface area contributed by atoms with Gasteiger partial charge >= 0.3 is 6.09 Å². The van der Waals surface area contributed by atoms with Gasteiger partial charge in [0.1, 0.15) is 6.61 Å². The van der Waals surface area contributed by atoms with Crippen LogP contribution in [-0.2, 0) is 24.3 Å². The van der Waals surface area contributed by atoms with Crippen LogP contribution in [0.3, 0.4) is 0 Å². The predicted octanol–water partition coefficient (Wildman–Crippen LogP) is 4.08. The first-order valence-electron chi connectivity index (χ1n) is 10.8. The van der Waals surface area contributed by atoms with E-state index in [2.05, 4.69) is 41.5 Å². The van der Waals surface area contributed by atoms with E-state index >= 15 is 0 Å². The molecule has 1 amide bonds. The summed E-state index contributed by atoms with van der Waals surface area (Å²) in [6.07, 6.45) is 0.644. The molecule has 0 aliphatic carbocycles. The Hall–Kier alpha value is -2.79. The minimum Gasteiger partial charge on any atom is -0.445 e. The number of benzene rings is 2. The number of carbonyl (C=O) groups is 1. The van der Waals surface area contributed by atoms with E-state index in [1.54, 1.807) is 0 Å². The highest BCUT2D eigenvalue weighted by Gasteiger charge is 2.24. The fourth-order valence-corrected chi connectivity index (χ4v) is 4.25. The molecule has 0 aromatic heterocycles. The molecule has 0 radical (unpaired) electrons. The monoisotopic (exact) mass is 405 g/mol. The van der Waals surface area contributed by atoms with Crippen molar-refractivity contribution in [2.75, 3.05) is 44.2 Å². The molecule has 5 heteroatoms. The number of piperazine rings is 1. The lowest BCUT2D eigenvalue weighted by Gasteiger charge is -2.37. The van der Waals surface area contributed by atoms with Gasteiger partial charge in [-0.1, -0.05) is 48.6 Å². The van der Waals surface area contributed by atoms with E-state index in [1.165, 1.54) is 22.4 Å². The van der Waals surface area contributed by atoms with Crippen LogP contribution in [0.5, 0.6) is 0 Å². The number of nitrogens with zero attached hydrogens (tertiary/aromatic N) is 3. The SMILES string of the molecule is C=C(C)CN1CCN(c2ccc3c(c2)CN(C(=O)OCc2ccccc2)CC3)CC1. The highest BCUT2D eigenvalue weighted by atomic mass is 16.6. The van der Waals surface area contributed by atoms with Crippen molar-refractivity contribution in [1.29, 1.82) is 0 Å². The van der Waals surface area contributed by atoms with Crippen LogP contribution in [0.2, 0.25) is 0 Å². The number of carbonyl (C=O) groups excluding carboxylic acids is 1. The summed E-state index contributed by atoms with van der Waals surface area (Å²) in [7, 11) is 0. The Morgan fingerprint density at radius 3 is 2.50 bits per heavy atom. The molecule has 2 aromatic carbocycles. The van der Waals surface area contributed by atoms with E-state index < -0.39 is 0 Å². The lowest BCUT2D eigenvalue weighted by Crippen LogP contribution is -2.46. The zero-order valence-electron chi connectivity index (χ0n) is 17.8. The molecule has 0 atom stereocenters. The van der Waals surface area contributed by atoms with Crippen LogP contribution in [0.1, 0.15) is 23.6 Å². The van der Waals surface area contributed by atoms with Crippen LogP contribution < -0.4 is 4.90 Å². The Labute approximate surface area is 179 Å². The predicted molar refractivity (Wildman–Crippen MR) is 121 cm³/mol. The van der Waals surface area contributed by atoms with Crippen molar-refractivity contribution in [3.8, 4) is 0 Å². The van der Waals surface area contributed by atoms with Crippen LogP contribution in [0.4, 0.5) is 10.5 Å². The molecule has 158 valence electrons. The number of ether oxygens (including phenoxy) is 1. The van der Waals surface area contributed by atoms with Crippen molar-refractivity contribution in [3.63, 3.8) is 0 Å². The molecule has 1 fully saturated rings. The molecule has 4 rings (SSSR count). The van der Waals surface area contributed by atoms with E-state index in [1.807, 2.05) is 35.2 Å². The molecule has 0 spiro atoms. The molecule has 5 nitrogen and oxygen atoms in total. The van der Waals surface area contributed by atoms with Gasteiger partial charge in [-0.05, 0) is 42.2 Å². The second-order valence-electron chi connectivity index (χ2n) is 8.39. The van der Waals surface area contributed by atoms with Crippen molar-refractivity contribution < 1.29 is 9.53 Å². The van der Waals surface area contributed by atoms with E-state index in [-0.39, 0.29) is 6.09 Å². The van der Waals surface area contributed by atoms with Crippen molar-refractivity contribution in [1.82, 2.24) is 9.80 Å². The molecule has 0 unspecified atom stereocenters. The Balaban J connectivity index is 1.35. The number of rotatable bonds is 5. The standard InChI is InChI=1S/C25H31N3O2/c1-20(2)17-26-12-14-27(15-13-26)24-9-8-22-10-11-28(18-23(22)16-24)25(29)30-19-21-6-4-3-5-7-21/h3-9,16H,1,10-15,17-19H2,2H3. The van der Waals surface area contributed by atoms with Crippen LogP contribution in [0, 0.1) is 0 Å². The second-order valence-corrected chi connectivity index (χ2v) is 8.39. The van der Waals surface area contributed by atoms with Gasteiger partial charge in [-0.15, -0.1) is 0 Å². The maximum atomic E-state index is 12.6. The summed E-state index contributed by atoms with van der Waals surface area (Å²) in [5.74, 6) is 0. The van der Waals surface area contributed by atoms with Gasteiger partial charge in [0.05, 0.1) is 0 Å². The Kier molecular flexibility index (Phi) is 6.38. The van der Waals surface area contributed by atoms with Gasteiger partial charge in [0, 0.05) is 51.5 Å². The molecule has 0 saturated carbocycles. The van der Waals surface area contributed by atoms with Crippen LogP contribution in [0.15, 0.2) is 60.7 Å². The number of fused-ring (bicyclic) bond motifs is 1. The third-order valence-corrected chi connectivity index (χ3v) is 5.90. The van der Waals surface area contributed by atoms with E-state index in [0.29, 0.717) is 19.7 Å². The summed E-state index contributed by atoms with van der Waals surface area (Å²) in [6.45, 7) is 12.9. The number of hydrogen-bond donors (Lipinski definition) is 0.